The molecule has 0 aromatic heterocycles. The van der Waals surface area contributed by atoms with Crippen molar-refractivity contribution in [1.82, 2.24) is 0 Å². The summed E-state index contributed by atoms with van der Waals surface area (Å²) in [4.78, 5) is 4.02. The van der Waals surface area contributed by atoms with E-state index in [1.54, 1.807) is 0 Å². The van der Waals surface area contributed by atoms with Gasteiger partial charge in [0.2, 0.25) is 0 Å². The number of aliphatic hydroxyl groups excluding tert-OH is 2. The van der Waals surface area contributed by atoms with Crippen LogP contribution in [0.1, 0.15) is 12.8 Å². The molecule has 1 aliphatic heterocycles. The average molecular weight is 127 g/mol. The maximum atomic E-state index is 9.21. The largest absolute Gasteiger partial charge is 0.387 e. The van der Waals surface area contributed by atoms with E-state index in [0.29, 0.717) is 0 Å². The molecule has 3 heteroatoms. The topological polar surface area (TPSA) is 52.8 Å². The fraction of sp³-hybridized carbons (Fsp3) is 0.833. The Balaban J connectivity index is 2.22. The number of aliphatic imine (C=N–C) groups is 1. The molecule has 0 radical (unpaired) electrons. The van der Waals surface area contributed by atoms with Gasteiger partial charge in [-0.2, -0.15) is 0 Å². The SMILES string of the molecule is O[C@H]1C=NC2(CC2)[C@H]1O. The predicted molar refractivity (Wildman–Crippen MR) is 32.5 cm³/mol. The van der Waals surface area contributed by atoms with Crippen LogP contribution in [0.15, 0.2) is 4.99 Å². The summed E-state index contributed by atoms with van der Waals surface area (Å²) in [6.07, 6.45) is 1.96. The lowest BCUT2D eigenvalue weighted by molar-refractivity contribution is 0.0505. The van der Waals surface area contributed by atoms with Gasteiger partial charge in [0.05, 0.1) is 5.54 Å². The highest BCUT2D eigenvalue weighted by Gasteiger charge is 2.54. The zero-order valence-corrected chi connectivity index (χ0v) is 4.99. The summed E-state index contributed by atoms with van der Waals surface area (Å²) in [5, 5.41) is 18.2. The Morgan fingerprint density at radius 2 is 2.11 bits per heavy atom. The van der Waals surface area contributed by atoms with Gasteiger partial charge in [-0.25, -0.2) is 0 Å². The zero-order valence-electron chi connectivity index (χ0n) is 4.99. The third-order valence-electron chi connectivity index (χ3n) is 2.12. The lowest BCUT2D eigenvalue weighted by Gasteiger charge is -2.11. The van der Waals surface area contributed by atoms with Crippen LogP contribution in [0.3, 0.4) is 0 Å². The predicted octanol–water partition coefficient (Wildman–Crippen LogP) is -0.675. The molecular weight excluding hydrogens is 118 g/mol. The van der Waals surface area contributed by atoms with Crippen LogP contribution >= 0.6 is 0 Å². The van der Waals surface area contributed by atoms with E-state index in [4.69, 9.17) is 5.11 Å². The van der Waals surface area contributed by atoms with E-state index < -0.39 is 12.2 Å². The number of nitrogens with zero attached hydrogens (tertiary/aromatic N) is 1. The first kappa shape index (κ1) is 5.38. The molecule has 1 aliphatic carbocycles. The van der Waals surface area contributed by atoms with E-state index in [2.05, 4.69) is 4.99 Å². The molecule has 2 N–H and O–H groups in total. The summed E-state index contributed by atoms with van der Waals surface area (Å²) >= 11 is 0. The molecule has 50 valence electrons. The highest BCUT2D eigenvalue weighted by molar-refractivity contribution is 5.69. The minimum Gasteiger partial charge on any atom is -0.387 e. The quantitative estimate of drug-likeness (QED) is 0.453. The van der Waals surface area contributed by atoms with Crippen LogP contribution in [0.2, 0.25) is 0 Å². The van der Waals surface area contributed by atoms with E-state index >= 15 is 0 Å². The zero-order chi connectivity index (χ0) is 6.48. The average Bonchev–Trinajstić information content (AvgIpc) is 2.57. The van der Waals surface area contributed by atoms with Crippen LogP contribution in [-0.2, 0) is 0 Å². The molecule has 9 heavy (non-hydrogen) atoms. The molecular formula is C6H9NO2. The van der Waals surface area contributed by atoms with Crippen molar-refractivity contribution in [3.63, 3.8) is 0 Å². The Kier molecular flexibility index (Phi) is 0.811. The summed E-state index contributed by atoms with van der Waals surface area (Å²) in [7, 11) is 0. The lowest BCUT2D eigenvalue weighted by Crippen LogP contribution is -2.32. The van der Waals surface area contributed by atoms with E-state index in [1.807, 2.05) is 0 Å². The second-order valence-electron chi connectivity index (χ2n) is 2.82. The molecule has 1 fully saturated rings. The minimum atomic E-state index is -0.715. The van der Waals surface area contributed by atoms with Gasteiger partial charge < -0.3 is 10.2 Å². The van der Waals surface area contributed by atoms with Crippen LogP contribution in [0.5, 0.6) is 0 Å². The van der Waals surface area contributed by atoms with Gasteiger partial charge in [0.15, 0.2) is 0 Å². The molecule has 0 aromatic carbocycles. The van der Waals surface area contributed by atoms with Crippen molar-refractivity contribution in [3.8, 4) is 0 Å². The smallest absolute Gasteiger partial charge is 0.117 e. The van der Waals surface area contributed by atoms with Gasteiger partial charge in [-0.05, 0) is 12.8 Å². The number of hydrogen-bond acceptors (Lipinski definition) is 3. The number of rotatable bonds is 0. The Hall–Kier alpha value is -0.410. The molecule has 0 bridgehead atoms. The van der Waals surface area contributed by atoms with Gasteiger partial charge in [-0.3, -0.25) is 4.99 Å². The standard InChI is InChI=1S/C6H9NO2/c8-4-3-7-6(1-2-6)5(4)9/h3-5,8-9H,1-2H2/t4-,5-/m0/s1. The van der Waals surface area contributed by atoms with Crippen molar-refractivity contribution in [2.75, 3.05) is 0 Å². The first-order valence-corrected chi connectivity index (χ1v) is 3.16. The molecule has 0 unspecified atom stereocenters. The van der Waals surface area contributed by atoms with Gasteiger partial charge in [-0.1, -0.05) is 0 Å². The van der Waals surface area contributed by atoms with Gasteiger partial charge in [0.1, 0.15) is 12.2 Å². The van der Waals surface area contributed by atoms with Crippen LogP contribution in [0.4, 0.5) is 0 Å². The van der Waals surface area contributed by atoms with E-state index in [9.17, 15) is 5.11 Å². The van der Waals surface area contributed by atoms with Crippen molar-refractivity contribution < 1.29 is 10.2 Å². The molecule has 0 saturated heterocycles. The molecule has 1 heterocycles. The van der Waals surface area contributed by atoms with Crippen LogP contribution in [-0.4, -0.2) is 34.2 Å². The Morgan fingerprint density at radius 3 is 2.33 bits per heavy atom. The Bertz CT molecular complexity index is 162. The van der Waals surface area contributed by atoms with E-state index in [-0.39, 0.29) is 5.54 Å². The lowest BCUT2D eigenvalue weighted by atomic mass is 10.1. The summed E-state index contributed by atoms with van der Waals surface area (Å²) in [5.74, 6) is 0. The molecule has 2 rings (SSSR count). The van der Waals surface area contributed by atoms with Gasteiger partial charge in [0, 0.05) is 6.21 Å². The molecule has 1 saturated carbocycles. The third-order valence-corrected chi connectivity index (χ3v) is 2.12. The highest BCUT2D eigenvalue weighted by Crippen LogP contribution is 2.46. The van der Waals surface area contributed by atoms with E-state index in [0.717, 1.165) is 12.8 Å². The van der Waals surface area contributed by atoms with Crippen molar-refractivity contribution in [2.24, 2.45) is 4.99 Å². The van der Waals surface area contributed by atoms with Gasteiger partial charge >= 0.3 is 0 Å². The monoisotopic (exact) mass is 127 g/mol. The van der Waals surface area contributed by atoms with Gasteiger partial charge in [-0.15, -0.1) is 0 Å². The molecule has 0 aromatic rings. The molecule has 2 atom stereocenters. The Morgan fingerprint density at radius 1 is 1.44 bits per heavy atom. The fourth-order valence-corrected chi connectivity index (χ4v) is 1.25. The summed E-state index contributed by atoms with van der Waals surface area (Å²) in [6.45, 7) is 0. The normalized spacial score (nSPS) is 44.2. The maximum Gasteiger partial charge on any atom is 0.117 e. The first-order valence-electron chi connectivity index (χ1n) is 3.16. The van der Waals surface area contributed by atoms with Crippen LogP contribution < -0.4 is 0 Å². The summed E-state index contributed by atoms with van der Waals surface area (Å²) in [5.41, 5.74) is -0.251. The maximum absolute atomic E-state index is 9.21. The summed E-state index contributed by atoms with van der Waals surface area (Å²) in [6, 6.07) is 0. The van der Waals surface area contributed by atoms with Gasteiger partial charge in [0.25, 0.3) is 0 Å². The molecule has 1 spiro atoms. The van der Waals surface area contributed by atoms with Crippen LogP contribution in [0.25, 0.3) is 0 Å². The first-order chi connectivity index (χ1) is 4.25. The fourth-order valence-electron chi connectivity index (χ4n) is 1.25. The summed E-state index contributed by atoms with van der Waals surface area (Å²) < 4.78 is 0. The molecule has 0 amide bonds. The van der Waals surface area contributed by atoms with Crippen LogP contribution in [0, 0.1) is 0 Å². The number of aliphatic hydroxyl groups is 2. The number of hydrogen-bond donors (Lipinski definition) is 2. The second kappa shape index (κ2) is 1.36. The highest BCUT2D eigenvalue weighted by atomic mass is 16.3. The third kappa shape index (κ3) is 0.559. The molecule has 2 aliphatic rings. The molecule has 3 nitrogen and oxygen atoms in total. The van der Waals surface area contributed by atoms with Crippen molar-refractivity contribution in [2.45, 2.75) is 30.6 Å². The second-order valence-corrected chi connectivity index (χ2v) is 2.82. The van der Waals surface area contributed by atoms with Crippen molar-refractivity contribution >= 4 is 6.21 Å². The Labute approximate surface area is 53.0 Å². The van der Waals surface area contributed by atoms with Crippen molar-refractivity contribution in [1.29, 1.82) is 0 Å². The minimum absolute atomic E-state index is 0.251. The van der Waals surface area contributed by atoms with Crippen molar-refractivity contribution in [3.05, 3.63) is 0 Å². The van der Waals surface area contributed by atoms with E-state index in [1.165, 1.54) is 6.21 Å².